The molecule has 4 aliphatic rings. The Labute approximate surface area is 187 Å². The predicted molar refractivity (Wildman–Crippen MR) is 122 cm³/mol. The third-order valence-electron chi connectivity index (χ3n) is 8.20. The van der Waals surface area contributed by atoms with Crippen LogP contribution < -0.4 is 0 Å². The van der Waals surface area contributed by atoms with Gasteiger partial charge in [-0.3, -0.25) is 0 Å². The SMILES string of the molecule is [2H]C1([2H])C([C@H](O)/C=C/[C@@H](C)[C@H]2CC[C@H]3/C(=C/C=C4/C[C@@H](O)C[C@H](O)C4=C)CCC[C@]23C)C1([2H])[2H]. The number of allylic oxidation sites excluding steroid dienone is 4. The Kier molecular flexibility index (Phi) is 5.08. The Morgan fingerprint density at radius 1 is 1.20 bits per heavy atom. The van der Waals surface area contributed by atoms with Crippen LogP contribution in [0.3, 0.4) is 0 Å². The standard InChI is InChI=1S/C27H40O3/c1-17(6-13-25(29)20-8-9-20)23-11-12-24-19(5-4-14-27(23,24)3)7-10-21-15-22(28)16-26(30)18(21)2/h6-7,10,13,17,20,22-26,28-30H,2,4-5,8-9,11-12,14-16H2,1,3H3/b13-6+,19-7+,21-10-/t17-,22-,23-,24+,25-,26+,27-/m1/s1/i8D2,9D2. The minimum absolute atomic E-state index is 0.142. The van der Waals surface area contributed by atoms with Gasteiger partial charge in [0.05, 0.1) is 18.3 Å². The van der Waals surface area contributed by atoms with Crippen LogP contribution >= 0.6 is 0 Å². The molecule has 0 spiro atoms. The fourth-order valence-corrected chi connectivity index (χ4v) is 6.36. The number of fused-ring (bicyclic) bond motifs is 1. The molecule has 3 heteroatoms. The number of hydrogen-bond donors (Lipinski definition) is 3. The number of aliphatic hydroxyl groups is 3. The van der Waals surface area contributed by atoms with Crippen LogP contribution in [0.5, 0.6) is 0 Å². The molecule has 0 radical (unpaired) electrons. The van der Waals surface area contributed by atoms with Crippen molar-refractivity contribution >= 4 is 0 Å². The molecule has 0 aromatic heterocycles. The fourth-order valence-electron chi connectivity index (χ4n) is 6.36. The van der Waals surface area contributed by atoms with Gasteiger partial charge in [0.15, 0.2) is 0 Å². The van der Waals surface area contributed by atoms with Crippen LogP contribution in [0.2, 0.25) is 0 Å². The van der Waals surface area contributed by atoms with Crippen molar-refractivity contribution in [2.45, 2.75) is 89.9 Å². The van der Waals surface area contributed by atoms with Crippen LogP contribution in [-0.2, 0) is 0 Å². The van der Waals surface area contributed by atoms with E-state index in [0.29, 0.717) is 30.3 Å². The van der Waals surface area contributed by atoms with E-state index in [0.717, 1.165) is 37.7 Å². The zero-order valence-corrected chi connectivity index (χ0v) is 18.3. The minimum atomic E-state index is -1.97. The van der Waals surface area contributed by atoms with Gasteiger partial charge in [0, 0.05) is 11.9 Å². The first-order chi connectivity index (χ1) is 15.8. The largest absolute Gasteiger partial charge is 0.393 e. The molecular formula is C27H40O3. The summed E-state index contributed by atoms with van der Waals surface area (Å²) >= 11 is 0. The highest BCUT2D eigenvalue weighted by molar-refractivity contribution is 5.38. The highest BCUT2D eigenvalue weighted by Crippen LogP contribution is 2.59. The summed E-state index contributed by atoms with van der Waals surface area (Å²) in [6.45, 7) is 8.56. The van der Waals surface area contributed by atoms with Gasteiger partial charge in [0.2, 0.25) is 0 Å². The Morgan fingerprint density at radius 3 is 2.70 bits per heavy atom. The minimum Gasteiger partial charge on any atom is -0.393 e. The van der Waals surface area contributed by atoms with Gasteiger partial charge in [-0.15, -0.1) is 0 Å². The second-order valence-electron chi connectivity index (χ2n) is 10.2. The Bertz CT molecular complexity index is 894. The first kappa shape index (κ1) is 17.4. The van der Waals surface area contributed by atoms with E-state index in [1.807, 2.05) is 6.08 Å². The lowest BCUT2D eigenvalue weighted by atomic mass is 9.61. The zero-order valence-electron chi connectivity index (χ0n) is 22.3. The van der Waals surface area contributed by atoms with E-state index >= 15 is 0 Å². The van der Waals surface area contributed by atoms with E-state index in [-0.39, 0.29) is 11.3 Å². The summed E-state index contributed by atoms with van der Waals surface area (Å²) in [4.78, 5) is 0. The highest BCUT2D eigenvalue weighted by atomic mass is 16.3. The molecular weight excluding hydrogens is 372 g/mol. The summed E-state index contributed by atoms with van der Waals surface area (Å²) in [7, 11) is 0. The molecule has 30 heavy (non-hydrogen) atoms. The van der Waals surface area contributed by atoms with Gasteiger partial charge < -0.3 is 15.3 Å². The Morgan fingerprint density at radius 2 is 1.97 bits per heavy atom. The predicted octanol–water partition coefficient (Wildman–Crippen LogP) is 5.09. The Balaban J connectivity index is 1.46. The van der Waals surface area contributed by atoms with Crippen molar-refractivity contribution < 1.29 is 20.8 Å². The molecule has 0 aliphatic heterocycles. The molecule has 4 fully saturated rings. The van der Waals surface area contributed by atoms with E-state index in [4.69, 9.17) is 5.48 Å². The average molecular weight is 417 g/mol. The van der Waals surface area contributed by atoms with E-state index in [2.05, 4.69) is 32.6 Å². The molecule has 0 unspecified atom stereocenters. The third kappa shape index (κ3) is 4.40. The van der Waals surface area contributed by atoms with Crippen molar-refractivity contribution in [1.82, 2.24) is 0 Å². The topological polar surface area (TPSA) is 60.7 Å². The third-order valence-corrected chi connectivity index (χ3v) is 8.20. The lowest BCUT2D eigenvalue weighted by Gasteiger charge is -2.44. The number of hydrogen-bond acceptors (Lipinski definition) is 3. The monoisotopic (exact) mass is 416 g/mol. The first-order valence-corrected chi connectivity index (χ1v) is 11.6. The quantitative estimate of drug-likeness (QED) is 0.547. The van der Waals surface area contributed by atoms with Crippen molar-refractivity contribution in [3.8, 4) is 0 Å². The summed E-state index contributed by atoms with van der Waals surface area (Å²) < 4.78 is 31.1. The summed E-state index contributed by atoms with van der Waals surface area (Å²) in [6.07, 6.45) is 7.99. The van der Waals surface area contributed by atoms with Gasteiger partial charge >= 0.3 is 0 Å². The van der Waals surface area contributed by atoms with Crippen LogP contribution in [0.4, 0.5) is 0 Å². The van der Waals surface area contributed by atoms with Crippen LogP contribution in [0, 0.1) is 29.1 Å². The molecule has 4 rings (SSSR count). The van der Waals surface area contributed by atoms with Gasteiger partial charge in [-0.2, -0.15) is 0 Å². The van der Waals surface area contributed by atoms with Gasteiger partial charge in [0.25, 0.3) is 0 Å². The molecule has 0 amide bonds. The van der Waals surface area contributed by atoms with Gasteiger partial charge in [-0.25, -0.2) is 0 Å². The van der Waals surface area contributed by atoms with Crippen molar-refractivity contribution in [3.05, 3.63) is 47.6 Å². The second kappa shape index (κ2) is 8.76. The van der Waals surface area contributed by atoms with Crippen LogP contribution in [0.25, 0.3) is 0 Å². The van der Waals surface area contributed by atoms with Gasteiger partial charge in [0.1, 0.15) is 0 Å². The molecule has 4 aliphatic carbocycles. The average Bonchev–Trinajstić information content (AvgIpc) is 3.00. The van der Waals surface area contributed by atoms with Crippen molar-refractivity contribution in [1.29, 1.82) is 0 Å². The fraction of sp³-hybridized carbons (Fsp3) is 0.704. The summed E-state index contributed by atoms with van der Waals surface area (Å²) in [6, 6.07) is 0. The smallest absolute Gasteiger partial charge is 0.0811 e. The lowest BCUT2D eigenvalue weighted by molar-refractivity contribution is 0.0862. The summed E-state index contributed by atoms with van der Waals surface area (Å²) in [5.41, 5.74) is 3.22. The van der Waals surface area contributed by atoms with Crippen molar-refractivity contribution in [2.24, 2.45) is 29.1 Å². The van der Waals surface area contributed by atoms with E-state index < -0.39 is 37.0 Å². The van der Waals surface area contributed by atoms with E-state index in [1.165, 1.54) is 5.57 Å². The maximum absolute atomic E-state index is 10.4. The molecule has 3 nitrogen and oxygen atoms in total. The van der Waals surface area contributed by atoms with E-state index in [1.54, 1.807) is 6.08 Å². The zero-order chi connectivity index (χ0) is 25.1. The number of aliphatic hydroxyl groups excluding tert-OH is 3. The van der Waals surface area contributed by atoms with Crippen LogP contribution in [0.1, 0.15) is 77.0 Å². The van der Waals surface area contributed by atoms with E-state index in [9.17, 15) is 15.3 Å². The molecule has 0 aromatic carbocycles. The van der Waals surface area contributed by atoms with Crippen LogP contribution in [0.15, 0.2) is 47.6 Å². The van der Waals surface area contributed by atoms with Gasteiger partial charge in [-0.05, 0) is 91.5 Å². The van der Waals surface area contributed by atoms with Crippen LogP contribution in [-0.4, -0.2) is 33.6 Å². The summed E-state index contributed by atoms with van der Waals surface area (Å²) in [5, 5.41) is 30.6. The molecule has 0 bridgehead atoms. The first-order valence-electron chi connectivity index (χ1n) is 13.6. The molecule has 0 saturated heterocycles. The van der Waals surface area contributed by atoms with Crippen molar-refractivity contribution in [3.63, 3.8) is 0 Å². The molecule has 0 heterocycles. The molecule has 7 atom stereocenters. The normalized spacial score (nSPS) is 47.4. The molecule has 4 saturated carbocycles. The molecule has 166 valence electrons. The second-order valence-corrected chi connectivity index (χ2v) is 10.2. The molecule has 3 N–H and O–H groups in total. The van der Waals surface area contributed by atoms with Gasteiger partial charge in [-0.1, -0.05) is 50.3 Å². The lowest BCUT2D eigenvalue weighted by Crippen LogP contribution is -2.35. The van der Waals surface area contributed by atoms with Crippen molar-refractivity contribution in [2.75, 3.05) is 0 Å². The maximum atomic E-state index is 10.4. The Hall–Kier alpha value is -1.16. The summed E-state index contributed by atoms with van der Waals surface area (Å²) in [5.74, 6) is 0.126. The number of rotatable bonds is 5. The highest BCUT2D eigenvalue weighted by Gasteiger charge is 2.50. The molecule has 0 aromatic rings. The maximum Gasteiger partial charge on any atom is 0.0811 e.